The molecular formula is C21H22Br2N2O. The molecule has 0 bridgehead atoms. The lowest BCUT2D eigenvalue weighted by Gasteiger charge is -2.14. The molecule has 26 heavy (non-hydrogen) atoms. The van der Waals surface area contributed by atoms with Crippen molar-refractivity contribution in [2.45, 2.75) is 0 Å². The summed E-state index contributed by atoms with van der Waals surface area (Å²) in [6.45, 7) is 0. The van der Waals surface area contributed by atoms with Gasteiger partial charge in [0.15, 0.2) is 5.78 Å². The second-order valence-electron chi connectivity index (χ2n) is 6.28. The highest BCUT2D eigenvalue weighted by Gasteiger charge is 2.03. The van der Waals surface area contributed by atoms with E-state index in [2.05, 4.69) is 31.9 Å². The smallest absolute Gasteiger partial charge is 0.178 e. The molecule has 0 atom stereocenters. The van der Waals surface area contributed by atoms with Gasteiger partial charge in [0.2, 0.25) is 0 Å². The average Bonchev–Trinajstić information content (AvgIpc) is 2.57. The number of ketones is 1. The summed E-state index contributed by atoms with van der Waals surface area (Å²) in [5, 5.41) is 0. The molecule has 2 rings (SSSR count). The Kier molecular flexibility index (Phi) is 7.23. The highest BCUT2D eigenvalue weighted by Crippen LogP contribution is 2.27. The second-order valence-corrected chi connectivity index (χ2v) is 7.99. The van der Waals surface area contributed by atoms with Crippen LogP contribution in [0.2, 0.25) is 0 Å². The minimum Gasteiger partial charge on any atom is -0.377 e. The Morgan fingerprint density at radius 2 is 1.15 bits per heavy atom. The first-order valence-corrected chi connectivity index (χ1v) is 9.70. The number of carbonyl (C=O) groups excluding carboxylic acids is 1. The van der Waals surface area contributed by atoms with Crippen molar-refractivity contribution in [3.05, 3.63) is 68.6 Å². The maximum atomic E-state index is 12.1. The SMILES string of the molecule is CN(C)c1ccc(/C=C/C(=O)/C=C/c2ccc(N(C)C)c(Br)c2)cc1Br. The lowest BCUT2D eigenvalue weighted by molar-refractivity contribution is -0.110. The lowest BCUT2D eigenvalue weighted by atomic mass is 10.1. The van der Waals surface area contributed by atoms with E-state index in [4.69, 9.17) is 0 Å². The van der Waals surface area contributed by atoms with Gasteiger partial charge < -0.3 is 9.80 Å². The molecule has 0 unspecified atom stereocenters. The molecule has 0 aliphatic heterocycles. The minimum atomic E-state index is -0.0504. The molecule has 0 amide bonds. The molecule has 0 aliphatic carbocycles. The van der Waals surface area contributed by atoms with Crippen LogP contribution in [0.1, 0.15) is 11.1 Å². The number of benzene rings is 2. The van der Waals surface area contributed by atoms with Crippen molar-refractivity contribution in [3.63, 3.8) is 0 Å². The molecule has 0 spiro atoms. The Bertz CT molecular complexity index is 786. The third kappa shape index (κ3) is 5.58. The van der Waals surface area contributed by atoms with E-state index in [-0.39, 0.29) is 5.78 Å². The zero-order valence-corrected chi connectivity index (χ0v) is 18.5. The van der Waals surface area contributed by atoms with Gasteiger partial charge in [0.25, 0.3) is 0 Å². The zero-order chi connectivity index (χ0) is 19.3. The Hall–Kier alpha value is -1.85. The summed E-state index contributed by atoms with van der Waals surface area (Å²) in [4.78, 5) is 16.2. The summed E-state index contributed by atoms with van der Waals surface area (Å²) >= 11 is 7.11. The van der Waals surface area contributed by atoms with Crippen LogP contribution >= 0.6 is 31.9 Å². The molecule has 3 nitrogen and oxygen atoms in total. The Morgan fingerprint density at radius 3 is 1.46 bits per heavy atom. The van der Waals surface area contributed by atoms with Gasteiger partial charge in [-0.3, -0.25) is 4.79 Å². The number of halogens is 2. The Balaban J connectivity index is 2.06. The fourth-order valence-corrected chi connectivity index (χ4v) is 3.89. The fourth-order valence-electron chi connectivity index (χ4n) is 2.39. The molecule has 2 aromatic rings. The normalized spacial score (nSPS) is 11.3. The largest absolute Gasteiger partial charge is 0.377 e. The van der Waals surface area contributed by atoms with Crippen molar-refractivity contribution in [1.29, 1.82) is 0 Å². The summed E-state index contributed by atoms with van der Waals surface area (Å²) < 4.78 is 2.00. The van der Waals surface area contributed by atoms with E-state index >= 15 is 0 Å². The van der Waals surface area contributed by atoms with Gasteiger partial charge in [-0.1, -0.05) is 24.3 Å². The van der Waals surface area contributed by atoms with E-state index in [1.165, 1.54) is 0 Å². The minimum absolute atomic E-state index is 0.0504. The van der Waals surface area contributed by atoms with Crippen LogP contribution in [0.3, 0.4) is 0 Å². The van der Waals surface area contributed by atoms with E-state index in [1.807, 2.05) is 86.5 Å². The van der Waals surface area contributed by atoms with Gasteiger partial charge in [0, 0.05) is 37.1 Å². The van der Waals surface area contributed by atoms with Gasteiger partial charge in [0.1, 0.15) is 0 Å². The van der Waals surface area contributed by atoms with Crippen LogP contribution in [-0.2, 0) is 4.79 Å². The second kappa shape index (κ2) is 9.19. The van der Waals surface area contributed by atoms with Crippen LogP contribution in [-0.4, -0.2) is 34.0 Å². The topological polar surface area (TPSA) is 23.6 Å². The Labute approximate surface area is 172 Å². The van der Waals surface area contributed by atoms with Crippen LogP contribution in [0, 0.1) is 0 Å². The van der Waals surface area contributed by atoms with Crippen molar-refractivity contribution in [2.75, 3.05) is 38.0 Å². The number of hydrogen-bond acceptors (Lipinski definition) is 3. The van der Waals surface area contributed by atoms with Gasteiger partial charge >= 0.3 is 0 Å². The molecule has 0 saturated carbocycles. The number of hydrogen-bond donors (Lipinski definition) is 0. The number of rotatable bonds is 6. The number of anilines is 2. The van der Waals surface area contributed by atoms with Crippen LogP contribution in [0.15, 0.2) is 57.5 Å². The zero-order valence-electron chi connectivity index (χ0n) is 15.3. The van der Waals surface area contributed by atoms with Gasteiger partial charge in [-0.25, -0.2) is 0 Å². The number of allylic oxidation sites excluding steroid dienone is 2. The van der Waals surface area contributed by atoms with E-state index in [0.717, 1.165) is 31.4 Å². The standard InChI is InChI=1S/C21H22Br2N2O/c1-24(2)20-11-7-15(13-18(20)22)5-9-17(26)10-6-16-8-12-21(25(3)4)19(23)14-16/h5-14H,1-4H3/b9-5+,10-6+. The van der Waals surface area contributed by atoms with Crippen LogP contribution in [0.25, 0.3) is 12.2 Å². The summed E-state index contributed by atoms with van der Waals surface area (Å²) in [6, 6.07) is 12.0. The maximum absolute atomic E-state index is 12.1. The maximum Gasteiger partial charge on any atom is 0.178 e. The number of carbonyl (C=O) groups is 1. The van der Waals surface area contributed by atoms with Gasteiger partial charge in [-0.15, -0.1) is 0 Å². The predicted molar refractivity (Wildman–Crippen MR) is 120 cm³/mol. The van der Waals surface area contributed by atoms with Crippen molar-refractivity contribution in [1.82, 2.24) is 0 Å². The first kappa shape index (κ1) is 20.5. The molecule has 0 radical (unpaired) electrons. The van der Waals surface area contributed by atoms with Crippen LogP contribution in [0.5, 0.6) is 0 Å². The van der Waals surface area contributed by atoms with Crippen LogP contribution in [0.4, 0.5) is 11.4 Å². The first-order valence-electron chi connectivity index (χ1n) is 8.12. The molecule has 0 aliphatic rings. The Morgan fingerprint density at radius 1 is 0.769 bits per heavy atom. The molecular weight excluding hydrogens is 456 g/mol. The third-order valence-corrected chi connectivity index (χ3v) is 5.06. The lowest BCUT2D eigenvalue weighted by Crippen LogP contribution is -2.09. The van der Waals surface area contributed by atoms with E-state index in [9.17, 15) is 4.79 Å². The molecule has 0 saturated heterocycles. The van der Waals surface area contributed by atoms with E-state index in [0.29, 0.717) is 0 Å². The van der Waals surface area contributed by atoms with Gasteiger partial charge in [0.05, 0.1) is 11.4 Å². The highest BCUT2D eigenvalue weighted by molar-refractivity contribution is 9.11. The van der Waals surface area contributed by atoms with Crippen molar-refractivity contribution < 1.29 is 4.79 Å². The third-order valence-electron chi connectivity index (χ3n) is 3.79. The average molecular weight is 478 g/mol. The monoisotopic (exact) mass is 476 g/mol. The molecule has 0 aromatic heterocycles. The predicted octanol–water partition coefficient (Wildman–Crippen LogP) is 5.64. The first-order chi connectivity index (χ1) is 12.3. The highest BCUT2D eigenvalue weighted by atomic mass is 79.9. The van der Waals surface area contributed by atoms with Gasteiger partial charge in [-0.2, -0.15) is 0 Å². The van der Waals surface area contributed by atoms with Gasteiger partial charge in [-0.05, 0) is 79.4 Å². The van der Waals surface area contributed by atoms with E-state index < -0.39 is 0 Å². The molecule has 0 N–H and O–H groups in total. The molecule has 5 heteroatoms. The molecule has 0 fully saturated rings. The van der Waals surface area contributed by atoms with Crippen molar-refractivity contribution >= 4 is 61.2 Å². The van der Waals surface area contributed by atoms with Crippen molar-refractivity contribution in [3.8, 4) is 0 Å². The number of nitrogens with zero attached hydrogens (tertiary/aromatic N) is 2. The van der Waals surface area contributed by atoms with Crippen molar-refractivity contribution in [2.24, 2.45) is 0 Å². The summed E-state index contributed by atoms with van der Waals surface area (Å²) in [5.41, 5.74) is 4.14. The summed E-state index contributed by atoms with van der Waals surface area (Å²) in [7, 11) is 7.97. The molecule has 2 aromatic carbocycles. The fraction of sp³-hybridized carbons (Fsp3) is 0.190. The summed E-state index contributed by atoms with van der Waals surface area (Å²) in [6.07, 6.45) is 6.80. The summed E-state index contributed by atoms with van der Waals surface area (Å²) in [5.74, 6) is -0.0504. The molecule has 0 heterocycles. The van der Waals surface area contributed by atoms with E-state index in [1.54, 1.807) is 12.2 Å². The quantitative estimate of drug-likeness (QED) is 0.503. The molecule has 136 valence electrons. The van der Waals surface area contributed by atoms with Crippen LogP contribution < -0.4 is 9.80 Å².